The fraction of sp³-hybridized carbons (Fsp3) is 0.800. The number of hydrogen-bond acceptors (Lipinski definition) is 5. The summed E-state index contributed by atoms with van der Waals surface area (Å²) in [4.78, 5) is 11.6. The Balaban J connectivity index is 2.31. The van der Waals surface area contributed by atoms with E-state index in [1.807, 2.05) is 20.8 Å². The van der Waals surface area contributed by atoms with Crippen molar-refractivity contribution in [3.8, 4) is 0 Å². The van der Waals surface area contributed by atoms with Crippen molar-refractivity contribution >= 4 is 34.3 Å². The molecule has 0 spiro atoms. The summed E-state index contributed by atoms with van der Waals surface area (Å²) in [6.45, 7) is 6.03. The van der Waals surface area contributed by atoms with E-state index in [2.05, 4.69) is 0 Å². The van der Waals surface area contributed by atoms with E-state index in [0.717, 1.165) is 12.2 Å². The first-order valence-electron chi connectivity index (χ1n) is 4.96. The van der Waals surface area contributed by atoms with Gasteiger partial charge in [0.1, 0.15) is 12.7 Å². The lowest BCUT2D eigenvalue weighted by atomic mass is 9.91. The van der Waals surface area contributed by atoms with Crippen LogP contribution >= 0.6 is 24.0 Å². The van der Waals surface area contributed by atoms with E-state index in [0.29, 0.717) is 11.0 Å². The molecule has 1 saturated heterocycles. The standard InChI is InChI=1S/C10H16O3S2/c1-4-10(2,3)8(11)12-5-7-6-15-9(14)13-7/h7H,4-6H2,1-3H3. The van der Waals surface area contributed by atoms with Gasteiger partial charge in [0.25, 0.3) is 0 Å². The number of hydrogen-bond donors (Lipinski definition) is 0. The normalized spacial score (nSPS) is 21.3. The molecule has 0 aromatic carbocycles. The minimum absolute atomic E-state index is 0.0703. The number of carbonyl (C=O) groups excluding carboxylic acids is 1. The lowest BCUT2D eigenvalue weighted by Gasteiger charge is -2.21. The molecule has 1 atom stereocenters. The molecule has 0 aromatic rings. The van der Waals surface area contributed by atoms with Crippen LogP contribution in [0.25, 0.3) is 0 Å². The van der Waals surface area contributed by atoms with Crippen LogP contribution < -0.4 is 0 Å². The van der Waals surface area contributed by atoms with Crippen molar-refractivity contribution < 1.29 is 14.3 Å². The predicted molar refractivity (Wildman–Crippen MR) is 65.0 cm³/mol. The smallest absolute Gasteiger partial charge is 0.311 e. The molecule has 1 unspecified atom stereocenters. The second-order valence-electron chi connectivity index (χ2n) is 4.14. The maximum Gasteiger partial charge on any atom is 0.311 e. The highest BCUT2D eigenvalue weighted by atomic mass is 32.2. The molecule has 1 aliphatic rings. The fourth-order valence-corrected chi connectivity index (χ4v) is 1.99. The minimum atomic E-state index is -0.410. The maximum absolute atomic E-state index is 11.6. The lowest BCUT2D eigenvalue weighted by Crippen LogP contribution is -2.29. The van der Waals surface area contributed by atoms with Gasteiger partial charge in [0.2, 0.25) is 4.38 Å². The number of ether oxygens (including phenoxy) is 2. The third kappa shape index (κ3) is 3.65. The van der Waals surface area contributed by atoms with E-state index in [1.54, 1.807) is 0 Å². The summed E-state index contributed by atoms with van der Waals surface area (Å²) in [7, 11) is 0. The molecule has 0 saturated carbocycles. The largest absolute Gasteiger partial charge is 0.471 e. The van der Waals surface area contributed by atoms with E-state index in [9.17, 15) is 4.79 Å². The summed E-state index contributed by atoms with van der Waals surface area (Å²) in [5.41, 5.74) is -0.410. The van der Waals surface area contributed by atoms with Crippen molar-refractivity contribution in [2.45, 2.75) is 33.3 Å². The Kier molecular flexibility index (Phi) is 4.40. The molecular formula is C10H16O3S2. The van der Waals surface area contributed by atoms with Gasteiger partial charge in [0, 0.05) is 5.75 Å². The Bertz CT molecular complexity index is 263. The van der Waals surface area contributed by atoms with Gasteiger partial charge >= 0.3 is 5.97 Å². The van der Waals surface area contributed by atoms with Crippen LogP contribution in [0.1, 0.15) is 27.2 Å². The number of thiocarbonyl (C=S) groups is 1. The van der Waals surface area contributed by atoms with Crippen LogP contribution in [0.3, 0.4) is 0 Å². The van der Waals surface area contributed by atoms with Crippen LogP contribution in [0.15, 0.2) is 0 Å². The fourth-order valence-electron chi connectivity index (χ4n) is 0.956. The average Bonchev–Trinajstić information content (AvgIpc) is 2.60. The molecule has 0 N–H and O–H groups in total. The highest BCUT2D eigenvalue weighted by molar-refractivity contribution is 8.22. The molecule has 3 nitrogen and oxygen atoms in total. The summed E-state index contributed by atoms with van der Waals surface area (Å²) < 4.78 is 11.0. The molecule has 0 aromatic heterocycles. The number of esters is 1. The van der Waals surface area contributed by atoms with Crippen molar-refractivity contribution in [3.63, 3.8) is 0 Å². The van der Waals surface area contributed by atoms with Gasteiger partial charge in [-0.1, -0.05) is 18.7 Å². The summed E-state index contributed by atoms with van der Waals surface area (Å²) in [5.74, 6) is 0.606. The molecule has 1 fully saturated rings. The Hall–Kier alpha value is -0.290. The topological polar surface area (TPSA) is 35.5 Å². The van der Waals surface area contributed by atoms with E-state index >= 15 is 0 Å². The van der Waals surface area contributed by atoms with Gasteiger partial charge in [-0.05, 0) is 32.5 Å². The molecule has 0 amide bonds. The highest BCUT2D eigenvalue weighted by Crippen LogP contribution is 2.24. The first kappa shape index (κ1) is 12.8. The summed E-state index contributed by atoms with van der Waals surface area (Å²) in [5, 5.41) is 0. The van der Waals surface area contributed by atoms with Crippen molar-refractivity contribution in [3.05, 3.63) is 0 Å². The molecule has 1 aliphatic heterocycles. The molecule has 0 bridgehead atoms. The summed E-state index contributed by atoms with van der Waals surface area (Å²) in [6.07, 6.45) is 0.698. The van der Waals surface area contributed by atoms with Gasteiger partial charge in [-0.15, -0.1) is 0 Å². The molecule has 0 radical (unpaired) electrons. The van der Waals surface area contributed by atoms with Crippen molar-refractivity contribution in [1.82, 2.24) is 0 Å². The zero-order valence-electron chi connectivity index (χ0n) is 9.24. The number of rotatable bonds is 4. The molecular weight excluding hydrogens is 232 g/mol. The minimum Gasteiger partial charge on any atom is -0.471 e. The van der Waals surface area contributed by atoms with Crippen molar-refractivity contribution in [2.75, 3.05) is 12.4 Å². The first-order valence-corrected chi connectivity index (χ1v) is 6.35. The van der Waals surface area contributed by atoms with Crippen molar-refractivity contribution in [1.29, 1.82) is 0 Å². The van der Waals surface area contributed by atoms with Crippen LogP contribution in [-0.2, 0) is 14.3 Å². The molecule has 5 heteroatoms. The zero-order valence-corrected chi connectivity index (χ0v) is 10.9. The van der Waals surface area contributed by atoms with Gasteiger partial charge in [0.15, 0.2) is 0 Å². The van der Waals surface area contributed by atoms with Gasteiger partial charge in [0.05, 0.1) is 5.41 Å². The molecule has 1 heterocycles. The summed E-state index contributed by atoms with van der Waals surface area (Å²) >= 11 is 6.36. The van der Waals surface area contributed by atoms with E-state index < -0.39 is 5.41 Å². The van der Waals surface area contributed by atoms with E-state index in [4.69, 9.17) is 21.7 Å². The third-order valence-corrected chi connectivity index (χ3v) is 3.81. The Morgan fingerprint density at radius 1 is 1.73 bits per heavy atom. The van der Waals surface area contributed by atoms with Gasteiger partial charge in [-0.3, -0.25) is 4.79 Å². The maximum atomic E-state index is 11.6. The van der Waals surface area contributed by atoms with E-state index in [1.165, 1.54) is 11.8 Å². The van der Waals surface area contributed by atoms with Crippen molar-refractivity contribution in [2.24, 2.45) is 5.41 Å². The molecule has 15 heavy (non-hydrogen) atoms. The van der Waals surface area contributed by atoms with Gasteiger partial charge in [-0.25, -0.2) is 0 Å². The predicted octanol–water partition coefficient (Wildman–Crippen LogP) is 2.38. The number of thioether (sulfide) groups is 1. The molecule has 86 valence electrons. The lowest BCUT2D eigenvalue weighted by molar-refractivity contribution is -0.156. The van der Waals surface area contributed by atoms with Crippen LogP contribution in [0.5, 0.6) is 0 Å². The molecule has 1 rings (SSSR count). The van der Waals surface area contributed by atoms with E-state index in [-0.39, 0.29) is 12.1 Å². The quantitative estimate of drug-likeness (QED) is 0.564. The Morgan fingerprint density at radius 3 is 2.87 bits per heavy atom. The SMILES string of the molecule is CCC(C)(C)C(=O)OCC1CSC(=S)O1. The second-order valence-corrected chi connectivity index (χ2v) is 5.76. The van der Waals surface area contributed by atoms with Crippen LogP contribution in [0.4, 0.5) is 0 Å². The first-order chi connectivity index (χ1) is 6.95. The summed E-state index contributed by atoms with van der Waals surface area (Å²) in [6, 6.07) is 0. The van der Waals surface area contributed by atoms with Gasteiger partial charge < -0.3 is 9.47 Å². The Labute approximate surface area is 99.9 Å². The molecule has 0 aliphatic carbocycles. The number of carbonyl (C=O) groups is 1. The van der Waals surface area contributed by atoms with Crippen LogP contribution in [-0.4, -0.2) is 28.8 Å². The monoisotopic (exact) mass is 248 g/mol. The highest BCUT2D eigenvalue weighted by Gasteiger charge is 2.29. The Morgan fingerprint density at radius 2 is 2.40 bits per heavy atom. The second kappa shape index (κ2) is 5.16. The van der Waals surface area contributed by atoms with Gasteiger partial charge in [-0.2, -0.15) is 0 Å². The zero-order chi connectivity index (χ0) is 11.5. The van der Waals surface area contributed by atoms with Crippen LogP contribution in [0.2, 0.25) is 0 Å². The third-order valence-electron chi connectivity index (χ3n) is 2.49. The average molecular weight is 248 g/mol. The van der Waals surface area contributed by atoms with Crippen LogP contribution in [0, 0.1) is 5.41 Å².